The summed E-state index contributed by atoms with van der Waals surface area (Å²) in [7, 11) is 0. The summed E-state index contributed by atoms with van der Waals surface area (Å²) in [6.07, 6.45) is 4.67. The van der Waals surface area contributed by atoms with Crippen LogP contribution in [-0.4, -0.2) is 17.5 Å². The number of benzene rings is 1. The van der Waals surface area contributed by atoms with Crippen molar-refractivity contribution in [2.45, 2.75) is 78.7 Å². The molecule has 1 aliphatic rings. The van der Waals surface area contributed by atoms with Gasteiger partial charge in [0.2, 0.25) is 0 Å². The number of ether oxygens (including phenoxy) is 1. The Morgan fingerprint density at radius 3 is 2.35 bits per heavy atom. The number of hydrogen-bond acceptors (Lipinski definition) is 3. The molecule has 0 radical (unpaired) electrons. The van der Waals surface area contributed by atoms with Crippen molar-refractivity contribution >= 4 is 5.91 Å². The van der Waals surface area contributed by atoms with Gasteiger partial charge in [0.1, 0.15) is 5.75 Å². The molecule has 4 nitrogen and oxygen atoms in total. The molecule has 0 atom stereocenters. The van der Waals surface area contributed by atoms with Crippen LogP contribution in [0.2, 0.25) is 0 Å². The normalized spacial score (nSPS) is 15.6. The quantitative estimate of drug-likeness (QED) is 0.547. The summed E-state index contributed by atoms with van der Waals surface area (Å²) in [6.45, 7) is 16.0. The van der Waals surface area contributed by atoms with Crippen LogP contribution < -0.4 is 10.1 Å². The number of amides is 1. The molecule has 1 N–H and O–H groups in total. The standard InChI is InChI=1S/C27H38N2O2/c1-19(2)17-26(6,7)18-31-23-20(11-10-12-21(23)25(3,4)5)24(30)29-27(14-15-27)22-13-8-9-16-28-22/h8-13,16,19H,14-15,17-18H2,1-7H3,(H,29,30). The highest BCUT2D eigenvalue weighted by molar-refractivity contribution is 5.98. The van der Waals surface area contributed by atoms with Gasteiger partial charge in [-0.2, -0.15) is 0 Å². The Balaban J connectivity index is 1.90. The summed E-state index contributed by atoms with van der Waals surface area (Å²) in [4.78, 5) is 17.9. The third-order valence-electron chi connectivity index (χ3n) is 5.89. The van der Waals surface area contributed by atoms with E-state index in [4.69, 9.17) is 4.74 Å². The van der Waals surface area contributed by atoms with Crippen LogP contribution in [0.3, 0.4) is 0 Å². The molecule has 31 heavy (non-hydrogen) atoms. The molecular formula is C27H38N2O2. The van der Waals surface area contributed by atoms with Gasteiger partial charge in [0.15, 0.2) is 0 Å². The number of nitrogens with one attached hydrogen (secondary N) is 1. The van der Waals surface area contributed by atoms with Crippen molar-refractivity contribution in [2.75, 3.05) is 6.61 Å². The van der Waals surface area contributed by atoms with E-state index in [9.17, 15) is 4.79 Å². The van der Waals surface area contributed by atoms with Crippen LogP contribution in [0.15, 0.2) is 42.6 Å². The van der Waals surface area contributed by atoms with Crippen LogP contribution in [0.4, 0.5) is 0 Å². The van der Waals surface area contributed by atoms with Crippen molar-refractivity contribution < 1.29 is 9.53 Å². The van der Waals surface area contributed by atoms with Crippen molar-refractivity contribution in [1.82, 2.24) is 10.3 Å². The second-order valence-corrected chi connectivity index (χ2v) is 11.2. The fraction of sp³-hybridized carbons (Fsp3) is 0.556. The lowest BCUT2D eigenvalue weighted by Crippen LogP contribution is -2.36. The number of nitrogens with zero attached hydrogens (tertiary/aromatic N) is 1. The van der Waals surface area contributed by atoms with Gasteiger partial charge >= 0.3 is 0 Å². The van der Waals surface area contributed by atoms with Crippen LogP contribution in [0.25, 0.3) is 0 Å². The topological polar surface area (TPSA) is 51.2 Å². The van der Waals surface area contributed by atoms with E-state index >= 15 is 0 Å². The van der Waals surface area contributed by atoms with E-state index in [0.717, 1.165) is 30.5 Å². The molecule has 0 bridgehead atoms. The van der Waals surface area contributed by atoms with E-state index in [0.29, 0.717) is 23.8 Å². The zero-order valence-electron chi connectivity index (χ0n) is 20.2. The third-order valence-corrected chi connectivity index (χ3v) is 5.89. The van der Waals surface area contributed by atoms with Crippen LogP contribution in [0, 0.1) is 11.3 Å². The maximum absolute atomic E-state index is 13.5. The molecule has 0 saturated heterocycles. The number of hydrogen-bond donors (Lipinski definition) is 1. The predicted molar refractivity (Wildman–Crippen MR) is 126 cm³/mol. The van der Waals surface area contributed by atoms with Gasteiger partial charge in [-0.25, -0.2) is 0 Å². The van der Waals surface area contributed by atoms with Crippen LogP contribution in [0.1, 0.15) is 89.3 Å². The SMILES string of the molecule is CC(C)CC(C)(C)COc1c(C(=O)NC2(c3ccccn3)CC2)cccc1C(C)(C)C. The lowest BCUT2D eigenvalue weighted by molar-refractivity contribution is 0.0919. The second-order valence-electron chi connectivity index (χ2n) is 11.2. The van der Waals surface area contributed by atoms with Crippen molar-refractivity contribution in [3.63, 3.8) is 0 Å². The van der Waals surface area contributed by atoms with E-state index < -0.39 is 0 Å². The number of para-hydroxylation sites is 1. The van der Waals surface area contributed by atoms with E-state index in [-0.39, 0.29) is 22.3 Å². The van der Waals surface area contributed by atoms with Gasteiger partial charge in [-0.15, -0.1) is 0 Å². The predicted octanol–water partition coefficient (Wildman–Crippen LogP) is 6.25. The minimum absolute atomic E-state index is 0.0264. The number of aromatic nitrogens is 1. The van der Waals surface area contributed by atoms with Gasteiger partial charge in [-0.05, 0) is 54.2 Å². The molecule has 3 rings (SSSR count). The van der Waals surface area contributed by atoms with Crippen LogP contribution >= 0.6 is 0 Å². The number of carbonyl (C=O) groups excluding carboxylic acids is 1. The Morgan fingerprint density at radius 2 is 1.81 bits per heavy atom. The monoisotopic (exact) mass is 422 g/mol. The zero-order valence-corrected chi connectivity index (χ0v) is 20.2. The highest BCUT2D eigenvalue weighted by Crippen LogP contribution is 2.45. The zero-order chi connectivity index (χ0) is 22.9. The fourth-order valence-corrected chi connectivity index (χ4v) is 4.39. The number of rotatable bonds is 8. The third kappa shape index (κ3) is 5.66. The molecular weight excluding hydrogens is 384 g/mol. The molecule has 1 heterocycles. The minimum atomic E-state index is -0.357. The van der Waals surface area contributed by atoms with E-state index in [2.05, 4.69) is 64.8 Å². The molecule has 0 unspecified atom stereocenters. The van der Waals surface area contributed by atoms with Gasteiger partial charge in [-0.3, -0.25) is 9.78 Å². The molecule has 1 aromatic heterocycles. The van der Waals surface area contributed by atoms with Gasteiger partial charge in [0, 0.05) is 11.8 Å². The number of pyridine rings is 1. The van der Waals surface area contributed by atoms with Gasteiger partial charge in [-0.1, -0.05) is 66.7 Å². The van der Waals surface area contributed by atoms with E-state index in [1.807, 2.05) is 30.3 Å². The first-order valence-corrected chi connectivity index (χ1v) is 11.4. The van der Waals surface area contributed by atoms with E-state index in [1.54, 1.807) is 6.20 Å². The first-order chi connectivity index (χ1) is 14.4. The molecule has 1 amide bonds. The largest absolute Gasteiger partial charge is 0.492 e. The highest BCUT2D eigenvalue weighted by atomic mass is 16.5. The highest BCUT2D eigenvalue weighted by Gasteiger charge is 2.47. The number of carbonyl (C=O) groups is 1. The average Bonchev–Trinajstić information content (AvgIpc) is 3.46. The minimum Gasteiger partial charge on any atom is -0.492 e. The Hall–Kier alpha value is -2.36. The molecule has 4 heteroatoms. The molecule has 1 aromatic carbocycles. The summed E-state index contributed by atoms with van der Waals surface area (Å²) < 4.78 is 6.45. The summed E-state index contributed by atoms with van der Waals surface area (Å²) in [5, 5.41) is 3.27. The van der Waals surface area contributed by atoms with Crippen LogP contribution in [-0.2, 0) is 11.0 Å². The summed E-state index contributed by atoms with van der Waals surface area (Å²) in [6, 6.07) is 11.8. The van der Waals surface area contributed by atoms with Crippen molar-refractivity contribution in [1.29, 1.82) is 0 Å². The molecule has 1 fully saturated rings. The van der Waals surface area contributed by atoms with E-state index in [1.165, 1.54) is 0 Å². The molecule has 2 aromatic rings. The molecule has 0 spiro atoms. The van der Waals surface area contributed by atoms with Gasteiger partial charge in [0.25, 0.3) is 5.91 Å². The van der Waals surface area contributed by atoms with Crippen molar-refractivity contribution in [3.8, 4) is 5.75 Å². The molecule has 1 aliphatic carbocycles. The molecule has 0 aliphatic heterocycles. The van der Waals surface area contributed by atoms with Crippen LogP contribution in [0.5, 0.6) is 5.75 Å². The van der Waals surface area contributed by atoms with Gasteiger partial charge < -0.3 is 10.1 Å². The maximum atomic E-state index is 13.5. The molecule has 168 valence electrons. The summed E-state index contributed by atoms with van der Waals surface area (Å²) in [5.41, 5.74) is 2.13. The second kappa shape index (κ2) is 8.64. The van der Waals surface area contributed by atoms with Crippen molar-refractivity contribution in [2.24, 2.45) is 11.3 Å². The Bertz CT molecular complexity index is 907. The maximum Gasteiger partial charge on any atom is 0.255 e. The molecule has 1 saturated carbocycles. The lowest BCUT2D eigenvalue weighted by atomic mass is 9.83. The Kier molecular flexibility index (Phi) is 6.50. The average molecular weight is 423 g/mol. The van der Waals surface area contributed by atoms with Gasteiger partial charge in [0.05, 0.1) is 23.4 Å². The lowest BCUT2D eigenvalue weighted by Gasteiger charge is -2.30. The summed E-state index contributed by atoms with van der Waals surface area (Å²) in [5.74, 6) is 1.21. The Morgan fingerprint density at radius 1 is 1.10 bits per heavy atom. The fourth-order valence-electron chi connectivity index (χ4n) is 4.39. The Labute approximate surface area is 187 Å². The smallest absolute Gasteiger partial charge is 0.255 e. The first-order valence-electron chi connectivity index (χ1n) is 11.4. The van der Waals surface area contributed by atoms with Crippen molar-refractivity contribution in [3.05, 3.63) is 59.4 Å². The first kappa shape index (κ1) is 23.3. The summed E-state index contributed by atoms with van der Waals surface area (Å²) >= 11 is 0.